The number of anilines is 1. The van der Waals surface area contributed by atoms with E-state index in [1.165, 1.54) is 0 Å². The van der Waals surface area contributed by atoms with Gasteiger partial charge in [-0.25, -0.2) is 4.98 Å². The Balaban J connectivity index is 2.10. The fourth-order valence-corrected chi connectivity index (χ4v) is 1.91. The molecule has 1 saturated heterocycles. The molecule has 1 N–H and O–H groups in total. The molecule has 82 valence electrons. The van der Waals surface area contributed by atoms with Crippen molar-refractivity contribution in [2.24, 2.45) is 11.8 Å². The van der Waals surface area contributed by atoms with E-state index in [4.69, 9.17) is 5.11 Å². The summed E-state index contributed by atoms with van der Waals surface area (Å²) in [5.41, 5.74) is 0.624. The maximum absolute atomic E-state index is 8.86. The Hall–Kier alpha value is -1.16. The maximum Gasteiger partial charge on any atom is 0.147 e. The second kappa shape index (κ2) is 4.14. The van der Waals surface area contributed by atoms with Crippen molar-refractivity contribution in [2.75, 3.05) is 18.0 Å². The van der Waals surface area contributed by atoms with Crippen LogP contribution < -0.4 is 4.90 Å². The minimum atomic E-state index is -0.0416. The SMILES string of the molecule is CC1CN(c2cnc(CO)cn2)CC1C. The van der Waals surface area contributed by atoms with Crippen molar-refractivity contribution in [2.45, 2.75) is 20.5 Å². The largest absolute Gasteiger partial charge is 0.390 e. The van der Waals surface area contributed by atoms with Crippen molar-refractivity contribution in [1.29, 1.82) is 0 Å². The molecule has 1 aliphatic rings. The molecule has 0 bridgehead atoms. The third kappa shape index (κ3) is 2.09. The Bertz CT molecular complexity index is 315. The molecule has 0 aliphatic carbocycles. The number of nitrogens with zero attached hydrogens (tertiary/aromatic N) is 3. The van der Waals surface area contributed by atoms with Gasteiger partial charge < -0.3 is 10.0 Å². The molecule has 4 nitrogen and oxygen atoms in total. The van der Waals surface area contributed by atoms with Gasteiger partial charge in [-0.05, 0) is 11.8 Å². The average Bonchev–Trinajstić information content (AvgIpc) is 2.59. The zero-order valence-electron chi connectivity index (χ0n) is 9.22. The molecule has 1 aromatic rings. The summed E-state index contributed by atoms with van der Waals surface area (Å²) in [6, 6.07) is 0. The van der Waals surface area contributed by atoms with Crippen molar-refractivity contribution in [3.8, 4) is 0 Å². The molecule has 1 aliphatic heterocycles. The molecule has 15 heavy (non-hydrogen) atoms. The van der Waals surface area contributed by atoms with Gasteiger partial charge in [-0.3, -0.25) is 4.98 Å². The number of aromatic nitrogens is 2. The van der Waals surface area contributed by atoms with Gasteiger partial charge in [0.15, 0.2) is 0 Å². The van der Waals surface area contributed by atoms with Crippen LogP contribution in [0, 0.1) is 11.8 Å². The van der Waals surface area contributed by atoms with E-state index in [1.54, 1.807) is 12.4 Å². The van der Waals surface area contributed by atoms with Gasteiger partial charge in [-0.2, -0.15) is 0 Å². The monoisotopic (exact) mass is 207 g/mol. The number of rotatable bonds is 2. The molecule has 2 unspecified atom stereocenters. The number of hydrogen-bond acceptors (Lipinski definition) is 4. The van der Waals surface area contributed by atoms with Gasteiger partial charge in [0.05, 0.1) is 24.7 Å². The lowest BCUT2D eigenvalue weighted by atomic mass is 10.0. The average molecular weight is 207 g/mol. The molecule has 2 rings (SSSR count). The van der Waals surface area contributed by atoms with Crippen molar-refractivity contribution in [3.63, 3.8) is 0 Å². The lowest BCUT2D eigenvalue weighted by Gasteiger charge is -2.16. The normalized spacial score (nSPS) is 25.9. The Kier molecular flexibility index (Phi) is 2.86. The Morgan fingerprint density at radius 3 is 2.40 bits per heavy atom. The van der Waals surface area contributed by atoms with Crippen LogP contribution in [0.2, 0.25) is 0 Å². The highest BCUT2D eigenvalue weighted by Crippen LogP contribution is 2.25. The van der Waals surface area contributed by atoms with Crippen molar-refractivity contribution in [1.82, 2.24) is 9.97 Å². The topological polar surface area (TPSA) is 49.2 Å². The highest BCUT2D eigenvalue weighted by molar-refractivity contribution is 5.37. The lowest BCUT2D eigenvalue weighted by Crippen LogP contribution is -2.21. The van der Waals surface area contributed by atoms with Crippen LogP contribution in [0.25, 0.3) is 0 Å². The van der Waals surface area contributed by atoms with Gasteiger partial charge in [0.1, 0.15) is 5.82 Å². The summed E-state index contributed by atoms with van der Waals surface area (Å²) in [5.74, 6) is 2.34. The van der Waals surface area contributed by atoms with Crippen LogP contribution in [-0.4, -0.2) is 28.2 Å². The molecule has 0 radical (unpaired) electrons. The fourth-order valence-electron chi connectivity index (χ4n) is 1.91. The van der Waals surface area contributed by atoms with Crippen molar-refractivity contribution in [3.05, 3.63) is 18.1 Å². The molecule has 0 saturated carbocycles. The van der Waals surface area contributed by atoms with Gasteiger partial charge in [-0.1, -0.05) is 13.8 Å². The minimum Gasteiger partial charge on any atom is -0.390 e. The first-order chi connectivity index (χ1) is 7.20. The first-order valence-corrected chi connectivity index (χ1v) is 5.37. The molecule has 1 aromatic heterocycles. The highest BCUT2D eigenvalue weighted by atomic mass is 16.3. The molecule has 4 heteroatoms. The predicted molar refractivity (Wildman–Crippen MR) is 58.5 cm³/mol. The van der Waals surface area contributed by atoms with E-state index < -0.39 is 0 Å². The highest BCUT2D eigenvalue weighted by Gasteiger charge is 2.26. The fraction of sp³-hybridized carbons (Fsp3) is 0.636. The van der Waals surface area contributed by atoms with Crippen LogP contribution in [0.5, 0.6) is 0 Å². The van der Waals surface area contributed by atoms with Gasteiger partial charge in [0.25, 0.3) is 0 Å². The molecule has 2 heterocycles. The summed E-state index contributed by atoms with van der Waals surface area (Å²) in [7, 11) is 0. The van der Waals surface area contributed by atoms with E-state index in [9.17, 15) is 0 Å². The summed E-state index contributed by atoms with van der Waals surface area (Å²) < 4.78 is 0. The number of aliphatic hydroxyl groups is 1. The summed E-state index contributed by atoms with van der Waals surface area (Å²) >= 11 is 0. The Labute approximate surface area is 90.0 Å². The van der Waals surface area contributed by atoms with E-state index in [1.807, 2.05) is 0 Å². The van der Waals surface area contributed by atoms with Gasteiger partial charge in [-0.15, -0.1) is 0 Å². The smallest absolute Gasteiger partial charge is 0.147 e. The van der Waals surface area contributed by atoms with Crippen molar-refractivity contribution < 1.29 is 5.11 Å². The summed E-state index contributed by atoms with van der Waals surface area (Å²) in [6.45, 7) is 6.59. The second-order valence-electron chi connectivity index (χ2n) is 4.38. The van der Waals surface area contributed by atoms with E-state index in [2.05, 4.69) is 28.7 Å². The standard InChI is InChI=1S/C11H17N3O/c1-8-5-14(6-9(8)2)11-4-12-10(7-15)3-13-11/h3-4,8-9,15H,5-7H2,1-2H3. The zero-order chi connectivity index (χ0) is 10.8. The molecule has 2 atom stereocenters. The second-order valence-corrected chi connectivity index (χ2v) is 4.38. The lowest BCUT2D eigenvalue weighted by molar-refractivity contribution is 0.276. The van der Waals surface area contributed by atoms with Gasteiger partial charge in [0, 0.05) is 13.1 Å². The van der Waals surface area contributed by atoms with Crippen LogP contribution in [0.4, 0.5) is 5.82 Å². The van der Waals surface area contributed by atoms with Crippen molar-refractivity contribution >= 4 is 5.82 Å². The molecule has 0 spiro atoms. The molecule has 1 fully saturated rings. The minimum absolute atomic E-state index is 0.0416. The van der Waals surface area contributed by atoms with Crippen LogP contribution in [0.3, 0.4) is 0 Å². The number of hydrogen-bond donors (Lipinski definition) is 1. The van der Waals surface area contributed by atoms with Gasteiger partial charge >= 0.3 is 0 Å². The van der Waals surface area contributed by atoms with Crippen LogP contribution in [-0.2, 0) is 6.61 Å². The van der Waals surface area contributed by atoms with Crippen LogP contribution >= 0.6 is 0 Å². The maximum atomic E-state index is 8.86. The van der Waals surface area contributed by atoms with E-state index in [0.717, 1.165) is 18.9 Å². The summed E-state index contributed by atoms with van der Waals surface area (Å²) in [4.78, 5) is 10.7. The summed E-state index contributed by atoms with van der Waals surface area (Å²) in [6.07, 6.45) is 3.39. The van der Waals surface area contributed by atoms with Crippen LogP contribution in [0.1, 0.15) is 19.5 Å². The van der Waals surface area contributed by atoms with E-state index in [0.29, 0.717) is 17.5 Å². The Morgan fingerprint density at radius 1 is 1.27 bits per heavy atom. The predicted octanol–water partition coefficient (Wildman–Crippen LogP) is 1.06. The zero-order valence-corrected chi connectivity index (χ0v) is 9.22. The molecule has 0 amide bonds. The molecular weight excluding hydrogens is 190 g/mol. The number of aliphatic hydroxyl groups excluding tert-OH is 1. The van der Waals surface area contributed by atoms with Gasteiger partial charge in [0.2, 0.25) is 0 Å². The molecule has 0 aromatic carbocycles. The van der Waals surface area contributed by atoms with E-state index in [-0.39, 0.29) is 6.61 Å². The summed E-state index contributed by atoms with van der Waals surface area (Å²) in [5, 5.41) is 8.86. The quantitative estimate of drug-likeness (QED) is 0.788. The van der Waals surface area contributed by atoms with E-state index >= 15 is 0 Å². The first-order valence-electron chi connectivity index (χ1n) is 5.37. The third-order valence-electron chi connectivity index (χ3n) is 3.17. The first kappa shape index (κ1) is 10.4. The van der Waals surface area contributed by atoms with Crippen LogP contribution in [0.15, 0.2) is 12.4 Å². The molecular formula is C11H17N3O. The Morgan fingerprint density at radius 2 is 1.93 bits per heavy atom. The third-order valence-corrected chi connectivity index (χ3v) is 3.17.